The van der Waals surface area contributed by atoms with Gasteiger partial charge in [-0.3, -0.25) is 0 Å². The Labute approximate surface area is 91.3 Å². The first-order valence-corrected chi connectivity index (χ1v) is 6.51. The van der Waals surface area contributed by atoms with Crippen LogP contribution in [0.25, 0.3) is 0 Å². The summed E-state index contributed by atoms with van der Waals surface area (Å²) in [7, 11) is 0.401. The van der Waals surface area contributed by atoms with E-state index in [2.05, 4.69) is 6.58 Å². The van der Waals surface area contributed by atoms with Crippen LogP contribution in [-0.2, 0) is 22.8 Å². The number of hydrogen-bond donors (Lipinski definition) is 0. The fourth-order valence-corrected chi connectivity index (χ4v) is 2.31. The molecule has 0 spiro atoms. The van der Waals surface area contributed by atoms with Crippen LogP contribution >= 0.6 is 0 Å². The zero-order valence-corrected chi connectivity index (χ0v) is 10.7. The van der Waals surface area contributed by atoms with Crippen LogP contribution < -0.4 is 0 Å². The van der Waals surface area contributed by atoms with Crippen molar-refractivity contribution in [2.75, 3.05) is 21.0 Å². The normalized spacial score (nSPS) is 11.2. The first kappa shape index (κ1) is 14.3. The van der Waals surface area contributed by atoms with Crippen LogP contribution in [-0.4, -0.2) is 35.8 Å². The van der Waals surface area contributed by atoms with Crippen LogP contribution in [0.2, 0.25) is 6.04 Å². The van der Waals surface area contributed by atoms with Crippen LogP contribution in [0.3, 0.4) is 0 Å². The Hall–Kier alpha value is -0.693. The van der Waals surface area contributed by atoms with Crippen molar-refractivity contribution in [1.29, 1.82) is 0 Å². The third kappa shape index (κ3) is 4.56. The summed E-state index contributed by atoms with van der Waals surface area (Å²) in [6, 6.07) is 0.616. The van der Waals surface area contributed by atoms with Gasteiger partial charge in [-0.15, -0.1) is 0 Å². The predicted octanol–water partition coefficient (Wildman–Crippen LogP) is 1.33. The molecule has 15 heavy (non-hydrogen) atoms. The molecule has 0 bridgehead atoms. The third-order valence-corrected chi connectivity index (χ3v) is 4.54. The Bertz CT molecular complexity index is 216. The highest BCUT2D eigenvalue weighted by molar-refractivity contribution is 6.60. The molecule has 88 valence electrons. The second-order valence-electron chi connectivity index (χ2n) is 2.92. The van der Waals surface area contributed by atoms with Gasteiger partial charge in [0.25, 0.3) is 0 Å². The van der Waals surface area contributed by atoms with Gasteiger partial charge in [-0.1, -0.05) is 13.5 Å². The quantitative estimate of drug-likeness (QED) is 0.288. The first-order valence-electron chi connectivity index (χ1n) is 4.58. The minimum atomic E-state index is -2.63. The highest BCUT2D eigenvalue weighted by Gasteiger charge is 2.37. The minimum Gasteiger partial charge on any atom is -0.436 e. The van der Waals surface area contributed by atoms with Gasteiger partial charge in [-0.05, 0) is 6.92 Å². The van der Waals surface area contributed by atoms with E-state index in [0.29, 0.717) is 11.6 Å². The summed E-state index contributed by atoms with van der Waals surface area (Å²) in [6.07, 6.45) is 0. The molecule has 0 aromatic carbocycles. The molecule has 0 heterocycles. The molecule has 0 aromatic heterocycles. The highest BCUT2D eigenvalue weighted by Crippen LogP contribution is 2.12. The molecule has 0 saturated heterocycles. The molecular weight excluding hydrogens is 216 g/mol. The molecule has 0 aliphatic carbocycles. The van der Waals surface area contributed by atoms with Crippen LogP contribution in [0.4, 0.5) is 0 Å². The third-order valence-electron chi connectivity index (χ3n) is 1.87. The van der Waals surface area contributed by atoms with E-state index >= 15 is 0 Å². The molecule has 6 heteroatoms. The molecule has 0 aromatic rings. The molecule has 0 aliphatic heterocycles. The van der Waals surface area contributed by atoms with Gasteiger partial charge in [0.1, 0.15) is 0 Å². The fraction of sp³-hybridized carbons (Fsp3) is 0.667. The molecule has 0 fully saturated rings. The maximum Gasteiger partial charge on any atom is 0.502 e. The average Bonchev–Trinajstić information content (AvgIpc) is 2.24. The van der Waals surface area contributed by atoms with Gasteiger partial charge in [0.15, 0.2) is 6.79 Å². The van der Waals surface area contributed by atoms with Crippen LogP contribution in [0.1, 0.15) is 13.8 Å². The Morgan fingerprint density at radius 2 is 1.87 bits per heavy atom. The van der Waals surface area contributed by atoms with Crippen molar-refractivity contribution < 1.29 is 22.8 Å². The molecule has 0 N–H and O–H groups in total. The largest absolute Gasteiger partial charge is 0.502 e. The molecule has 5 nitrogen and oxygen atoms in total. The monoisotopic (exact) mass is 234 g/mol. The SMILES string of the molecule is C=C(C)C(=O)OCO[Si](CC)(OC)OC. The standard InChI is InChI=1S/C9H18O5Si/c1-6-15(11-4,12-5)14-7-13-9(10)8(2)3/h2,6-7H2,1,3-5H3. The minimum absolute atomic E-state index is 0.173. The second kappa shape index (κ2) is 6.73. The predicted molar refractivity (Wildman–Crippen MR) is 57.1 cm³/mol. The van der Waals surface area contributed by atoms with E-state index in [0.717, 1.165) is 0 Å². The van der Waals surface area contributed by atoms with Gasteiger partial charge < -0.3 is 18.0 Å². The molecule has 0 amide bonds. The van der Waals surface area contributed by atoms with Crippen molar-refractivity contribution in [2.24, 2.45) is 0 Å². The lowest BCUT2D eigenvalue weighted by molar-refractivity contribution is -0.147. The van der Waals surface area contributed by atoms with Crippen molar-refractivity contribution in [3.63, 3.8) is 0 Å². The fourth-order valence-electron chi connectivity index (χ4n) is 0.888. The number of ether oxygens (including phenoxy) is 1. The van der Waals surface area contributed by atoms with Gasteiger partial charge in [0.05, 0.1) is 0 Å². The highest BCUT2D eigenvalue weighted by atomic mass is 28.4. The average molecular weight is 234 g/mol. The molecule has 0 radical (unpaired) electrons. The van der Waals surface area contributed by atoms with Crippen molar-refractivity contribution in [2.45, 2.75) is 19.9 Å². The maximum atomic E-state index is 11.0. The van der Waals surface area contributed by atoms with Crippen molar-refractivity contribution in [3.8, 4) is 0 Å². The van der Waals surface area contributed by atoms with E-state index in [-0.39, 0.29) is 6.79 Å². The number of rotatable bonds is 7. The summed E-state index contributed by atoms with van der Waals surface area (Å²) in [5, 5.41) is 0. The van der Waals surface area contributed by atoms with E-state index < -0.39 is 14.8 Å². The summed E-state index contributed by atoms with van der Waals surface area (Å²) >= 11 is 0. The van der Waals surface area contributed by atoms with E-state index in [1.165, 1.54) is 14.2 Å². The zero-order chi connectivity index (χ0) is 11.9. The number of hydrogen-bond acceptors (Lipinski definition) is 5. The molecular formula is C9H18O5Si. The zero-order valence-electron chi connectivity index (χ0n) is 9.66. The number of esters is 1. The van der Waals surface area contributed by atoms with Gasteiger partial charge in [-0.2, -0.15) is 0 Å². The van der Waals surface area contributed by atoms with E-state index in [1.807, 2.05) is 6.92 Å². The van der Waals surface area contributed by atoms with E-state index in [9.17, 15) is 4.79 Å². The van der Waals surface area contributed by atoms with Crippen LogP contribution in [0.5, 0.6) is 0 Å². The maximum absolute atomic E-state index is 11.0. The van der Waals surface area contributed by atoms with Crippen molar-refractivity contribution in [3.05, 3.63) is 12.2 Å². The summed E-state index contributed by atoms with van der Waals surface area (Å²) in [4.78, 5) is 11.0. The van der Waals surface area contributed by atoms with Crippen molar-refractivity contribution in [1.82, 2.24) is 0 Å². The smallest absolute Gasteiger partial charge is 0.436 e. The molecule has 0 saturated carbocycles. The Kier molecular flexibility index (Phi) is 6.42. The van der Waals surface area contributed by atoms with E-state index in [4.69, 9.17) is 18.0 Å². The first-order chi connectivity index (χ1) is 7.01. The lowest BCUT2D eigenvalue weighted by atomic mass is 10.4. The molecule has 0 atom stereocenters. The molecule has 0 aliphatic rings. The summed E-state index contributed by atoms with van der Waals surface area (Å²) in [5.41, 5.74) is 0.331. The number of carbonyl (C=O) groups excluding carboxylic acids is 1. The number of carbonyl (C=O) groups is 1. The lowest BCUT2D eigenvalue weighted by Gasteiger charge is -2.24. The van der Waals surface area contributed by atoms with Crippen LogP contribution in [0, 0.1) is 0 Å². The van der Waals surface area contributed by atoms with E-state index in [1.54, 1.807) is 6.92 Å². The van der Waals surface area contributed by atoms with Gasteiger partial charge in [0, 0.05) is 25.8 Å². The van der Waals surface area contributed by atoms with Crippen LogP contribution in [0.15, 0.2) is 12.2 Å². The second-order valence-corrected chi connectivity index (χ2v) is 6.10. The molecule has 0 rings (SSSR count). The summed E-state index contributed by atoms with van der Waals surface area (Å²) in [6.45, 7) is 6.73. The summed E-state index contributed by atoms with van der Waals surface area (Å²) in [5.74, 6) is -0.485. The van der Waals surface area contributed by atoms with Crippen molar-refractivity contribution >= 4 is 14.8 Å². The van der Waals surface area contributed by atoms with Gasteiger partial charge in [-0.25, -0.2) is 4.79 Å². The molecule has 0 unspecified atom stereocenters. The van der Waals surface area contributed by atoms with Gasteiger partial charge in [0.2, 0.25) is 0 Å². The topological polar surface area (TPSA) is 54.0 Å². The Morgan fingerprint density at radius 3 is 2.20 bits per heavy atom. The summed E-state index contributed by atoms with van der Waals surface area (Å²) < 4.78 is 20.4. The Balaban J connectivity index is 4.02. The lowest BCUT2D eigenvalue weighted by Crippen LogP contribution is -2.43. The van der Waals surface area contributed by atoms with Gasteiger partial charge >= 0.3 is 14.8 Å². The Morgan fingerprint density at radius 1 is 1.33 bits per heavy atom.